The number of methoxy groups -OCH3 is 1. The maximum Gasteiger partial charge on any atom is 0.272 e. The van der Waals surface area contributed by atoms with E-state index in [4.69, 9.17) is 4.74 Å². The van der Waals surface area contributed by atoms with Gasteiger partial charge in [-0.25, -0.2) is 0 Å². The van der Waals surface area contributed by atoms with Crippen LogP contribution in [0.4, 0.5) is 0 Å². The van der Waals surface area contributed by atoms with Crippen molar-refractivity contribution in [3.05, 3.63) is 47.5 Å². The number of nitrogens with one attached hydrogen (secondary N) is 1. The number of pyridine rings is 1. The molecule has 7 nitrogen and oxygen atoms in total. The molecule has 0 bridgehead atoms. The van der Waals surface area contributed by atoms with E-state index in [1.54, 1.807) is 13.3 Å². The Balaban J connectivity index is 1.75. The zero-order valence-corrected chi connectivity index (χ0v) is 14.1. The van der Waals surface area contributed by atoms with Crippen molar-refractivity contribution in [3.8, 4) is 0 Å². The van der Waals surface area contributed by atoms with Gasteiger partial charge >= 0.3 is 0 Å². The van der Waals surface area contributed by atoms with Gasteiger partial charge in [0.05, 0.1) is 24.0 Å². The third-order valence-corrected chi connectivity index (χ3v) is 4.12. The number of nitrogens with zero attached hydrogens (tertiary/aromatic N) is 4. The van der Waals surface area contributed by atoms with E-state index < -0.39 is 0 Å². The molecule has 0 radical (unpaired) electrons. The van der Waals surface area contributed by atoms with Gasteiger partial charge in [-0.3, -0.25) is 14.5 Å². The van der Waals surface area contributed by atoms with Gasteiger partial charge in [0.15, 0.2) is 5.69 Å². The van der Waals surface area contributed by atoms with E-state index in [1.165, 1.54) is 0 Å². The Hall–Kier alpha value is -2.25. The molecular formula is C17H23N5O2. The number of aromatic nitrogens is 3. The highest BCUT2D eigenvalue weighted by Gasteiger charge is 2.21. The molecule has 2 aromatic rings. The molecule has 2 aromatic heterocycles. The second-order valence-corrected chi connectivity index (χ2v) is 6.07. The third-order valence-electron chi connectivity index (χ3n) is 4.12. The monoisotopic (exact) mass is 329 g/mol. The molecule has 1 amide bonds. The molecule has 128 valence electrons. The molecule has 0 unspecified atom stereocenters. The van der Waals surface area contributed by atoms with E-state index in [2.05, 4.69) is 27.3 Å². The van der Waals surface area contributed by atoms with Gasteiger partial charge in [0.1, 0.15) is 0 Å². The number of carbonyl (C=O) groups excluding carboxylic acids is 1. The Morgan fingerprint density at radius 3 is 3.04 bits per heavy atom. The van der Waals surface area contributed by atoms with E-state index in [1.807, 2.05) is 28.9 Å². The number of carbonyl (C=O) groups is 1. The lowest BCUT2D eigenvalue weighted by Gasteiger charge is -2.16. The summed E-state index contributed by atoms with van der Waals surface area (Å²) in [5.74, 6) is -0.203. The normalized spacial score (nSPS) is 16.2. The standard InChI is InChI=1S/C17H23N5O2/c1-21-8-5-9-22-13(11-21)10-15(20-22)17(23)19-16(12-24-2)14-6-3-4-7-18-14/h3-4,6-7,10,16H,5,8-9,11-12H2,1-2H3,(H,19,23)/t16-/m0/s1. The van der Waals surface area contributed by atoms with Crippen LogP contribution in [-0.4, -0.2) is 52.9 Å². The minimum atomic E-state index is -0.298. The third kappa shape index (κ3) is 3.80. The minimum Gasteiger partial charge on any atom is -0.382 e. The highest BCUT2D eigenvalue weighted by Crippen LogP contribution is 2.15. The van der Waals surface area contributed by atoms with Gasteiger partial charge < -0.3 is 15.0 Å². The molecule has 3 rings (SSSR count). The van der Waals surface area contributed by atoms with Crippen LogP contribution >= 0.6 is 0 Å². The maximum atomic E-state index is 12.6. The number of hydrogen-bond donors (Lipinski definition) is 1. The summed E-state index contributed by atoms with van der Waals surface area (Å²) in [6, 6.07) is 7.19. The van der Waals surface area contributed by atoms with Crippen molar-refractivity contribution in [2.45, 2.75) is 25.6 Å². The minimum absolute atomic E-state index is 0.203. The van der Waals surface area contributed by atoms with E-state index in [0.717, 1.165) is 37.4 Å². The first-order valence-corrected chi connectivity index (χ1v) is 8.13. The summed E-state index contributed by atoms with van der Waals surface area (Å²) >= 11 is 0. The molecule has 1 aliphatic heterocycles. The van der Waals surface area contributed by atoms with Crippen molar-refractivity contribution in [3.63, 3.8) is 0 Å². The molecule has 0 saturated carbocycles. The number of fused-ring (bicyclic) bond motifs is 1. The summed E-state index contributed by atoms with van der Waals surface area (Å²) < 4.78 is 7.16. The Morgan fingerprint density at radius 2 is 2.29 bits per heavy atom. The molecule has 3 heterocycles. The van der Waals surface area contributed by atoms with Crippen molar-refractivity contribution in [2.75, 3.05) is 27.3 Å². The smallest absolute Gasteiger partial charge is 0.272 e. The highest BCUT2D eigenvalue weighted by molar-refractivity contribution is 5.92. The first-order valence-electron chi connectivity index (χ1n) is 8.13. The Kier molecular flexibility index (Phi) is 5.22. The molecule has 0 spiro atoms. The lowest BCUT2D eigenvalue weighted by molar-refractivity contribution is 0.0888. The van der Waals surface area contributed by atoms with Gasteiger partial charge in [0.2, 0.25) is 0 Å². The number of amides is 1. The first kappa shape index (κ1) is 16.6. The number of ether oxygens (including phenoxy) is 1. The second kappa shape index (κ2) is 7.55. The molecule has 0 aromatic carbocycles. The molecule has 0 aliphatic carbocycles. The fourth-order valence-corrected chi connectivity index (χ4v) is 2.92. The van der Waals surface area contributed by atoms with Gasteiger partial charge in [-0.2, -0.15) is 5.10 Å². The van der Waals surface area contributed by atoms with Gasteiger partial charge in [0, 0.05) is 32.9 Å². The predicted molar refractivity (Wildman–Crippen MR) is 89.5 cm³/mol. The van der Waals surface area contributed by atoms with Crippen molar-refractivity contribution < 1.29 is 9.53 Å². The lowest BCUT2D eigenvalue weighted by Crippen LogP contribution is -2.32. The van der Waals surface area contributed by atoms with Crippen molar-refractivity contribution in [1.82, 2.24) is 25.0 Å². The van der Waals surface area contributed by atoms with E-state index in [9.17, 15) is 4.79 Å². The van der Waals surface area contributed by atoms with Gasteiger partial charge in [0.25, 0.3) is 5.91 Å². The van der Waals surface area contributed by atoms with Crippen LogP contribution < -0.4 is 5.32 Å². The Morgan fingerprint density at radius 1 is 1.42 bits per heavy atom. The van der Waals surface area contributed by atoms with Gasteiger partial charge in [-0.15, -0.1) is 0 Å². The summed E-state index contributed by atoms with van der Waals surface area (Å²) in [5.41, 5.74) is 2.28. The average Bonchev–Trinajstić information content (AvgIpc) is 2.90. The fourth-order valence-electron chi connectivity index (χ4n) is 2.92. The van der Waals surface area contributed by atoms with Crippen LogP contribution in [0.1, 0.15) is 34.3 Å². The van der Waals surface area contributed by atoms with Crippen LogP contribution in [-0.2, 0) is 17.8 Å². The van der Waals surface area contributed by atoms with E-state index >= 15 is 0 Å². The molecular weight excluding hydrogens is 306 g/mol. The van der Waals surface area contributed by atoms with Crippen LogP contribution in [0.5, 0.6) is 0 Å². The zero-order valence-electron chi connectivity index (χ0n) is 14.1. The first-order chi connectivity index (χ1) is 11.7. The van der Waals surface area contributed by atoms with Crippen LogP contribution in [0.3, 0.4) is 0 Å². The molecule has 0 fully saturated rings. The summed E-state index contributed by atoms with van der Waals surface area (Å²) in [6.45, 7) is 3.05. The lowest BCUT2D eigenvalue weighted by atomic mass is 10.2. The molecule has 24 heavy (non-hydrogen) atoms. The topological polar surface area (TPSA) is 72.3 Å². The Labute approximate surface area is 141 Å². The van der Waals surface area contributed by atoms with Crippen molar-refractivity contribution >= 4 is 5.91 Å². The summed E-state index contributed by atoms with van der Waals surface area (Å²) in [7, 11) is 3.69. The number of hydrogen-bond acceptors (Lipinski definition) is 5. The number of rotatable bonds is 5. The second-order valence-electron chi connectivity index (χ2n) is 6.07. The van der Waals surface area contributed by atoms with Gasteiger partial charge in [-0.1, -0.05) is 6.07 Å². The maximum absolute atomic E-state index is 12.6. The van der Waals surface area contributed by atoms with Crippen LogP contribution in [0.2, 0.25) is 0 Å². The summed E-state index contributed by atoms with van der Waals surface area (Å²) in [5, 5.41) is 7.44. The van der Waals surface area contributed by atoms with Crippen molar-refractivity contribution in [2.24, 2.45) is 0 Å². The van der Waals surface area contributed by atoms with Gasteiger partial charge in [-0.05, 0) is 31.7 Å². The zero-order chi connectivity index (χ0) is 16.9. The predicted octanol–water partition coefficient (Wildman–Crippen LogP) is 1.23. The molecule has 1 N–H and O–H groups in total. The SMILES string of the molecule is COC[C@H](NC(=O)c1cc2n(n1)CCCN(C)C2)c1ccccn1. The van der Waals surface area contributed by atoms with Crippen molar-refractivity contribution in [1.29, 1.82) is 0 Å². The fraction of sp³-hybridized carbons (Fsp3) is 0.471. The van der Waals surface area contributed by atoms with E-state index in [0.29, 0.717) is 12.3 Å². The largest absolute Gasteiger partial charge is 0.382 e. The average molecular weight is 329 g/mol. The summed E-state index contributed by atoms with van der Waals surface area (Å²) in [6.07, 6.45) is 2.74. The molecule has 1 atom stereocenters. The van der Waals surface area contributed by atoms with Crippen LogP contribution in [0.25, 0.3) is 0 Å². The molecule has 7 heteroatoms. The Bertz CT molecular complexity index is 686. The number of aryl methyl sites for hydroxylation is 1. The summed E-state index contributed by atoms with van der Waals surface area (Å²) in [4.78, 5) is 19.1. The molecule has 1 aliphatic rings. The van der Waals surface area contributed by atoms with Crippen LogP contribution in [0, 0.1) is 0 Å². The van der Waals surface area contributed by atoms with E-state index in [-0.39, 0.29) is 11.9 Å². The quantitative estimate of drug-likeness (QED) is 0.893. The molecule has 0 saturated heterocycles. The van der Waals surface area contributed by atoms with Crippen LogP contribution in [0.15, 0.2) is 30.5 Å². The highest BCUT2D eigenvalue weighted by atomic mass is 16.5.